The summed E-state index contributed by atoms with van der Waals surface area (Å²) in [5, 5.41) is 12.7. The maximum absolute atomic E-state index is 13.4. The van der Waals surface area contributed by atoms with Crippen molar-refractivity contribution < 1.29 is 4.79 Å². The molecule has 3 rings (SSSR count). The van der Waals surface area contributed by atoms with Gasteiger partial charge in [-0.15, -0.1) is 0 Å². The summed E-state index contributed by atoms with van der Waals surface area (Å²) in [5.74, 6) is 0.640. The maximum Gasteiger partial charge on any atom is 0.254 e. The van der Waals surface area contributed by atoms with Crippen LogP contribution in [-0.4, -0.2) is 30.4 Å². The Morgan fingerprint density at radius 2 is 2.06 bits per heavy atom. The van der Waals surface area contributed by atoms with Crippen molar-refractivity contribution in [2.45, 2.75) is 91.8 Å². The Balaban J connectivity index is 1.76. The predicted molar refractivity (Wildman–Crippen MR) is 136 cm³/mol. The molecule has 0 saturated heterocycles. The number of nitrogens with zero attached hydrogens (tertiary/aromatic N) is 3. The number of carbonyl (C=O) groups excluding carboxylic acids is 1. The second kappa shape index (κ2) is 10.5. The highest BCUT2D eigenvalue weighted by molar-refractivity contribution is 6.31. The number of amides is 1. The van der Waals surface area contributed by atoms with Crippen LogP contribution in [0.3, 0.4) is 0 Å². The molecule has 2 fully saturated rings. The van der Waals surface area contributed by atoms with Crippen LogP contribution in [0.1, 0.15) is 77.3 Å². The fourth-order valence-corrected chi connectivity index (χ4v) is 5.89. The number of hydrogen-bond acceptors (Lipinski definition) is 4. The minimum atomic E-state index is -0.904. The molecule has 1 aromatic rings. The standard InChI is InChI=1S/C26H40ClN5O/c1-6-7-8-13-30-32-21(22(28)29-16-18-9-10-20(27)17(2)14-18)23(33)31-24-25(3,4)19-11-12-26(24,5)15-19/h9-10,14,19,21,24H,6-8,11-13,15-16H2,1-5H3,(H2,28,29)(H,31,33)/b32-30+. The van der Waals surface area contributed by atoms with Gasteiger partial charge in [-0.1, -0.05) is 64.3 Å². The van der Waals surface area contributed by atoms with E-state index >= 15 is 0 Å². The summed E-state index contributed by atoms with van der Waals surface area (Å²) in [6, 6.07) is 4.96. The molecular weight excluding hydrogens is 434 g/mol. The molecule has 2 bridgehead atoms. The molecule has 1 aromatic carbocycles. The van der Waals surface area contributed by atoms with E-state index in [1.165, 1.54) is 6.42 Å². The lowest BCUT2D eigenvalue weighted by atomic mass is 9.68. The van der Waals surface area contributed by atoms with E-state index in [-0.39, 0.29) is 28.6 Å². The lowest BCUT2D eigenvalue weighted by Gasteiger charge is -2.43. The van der Waals surface area contributed by atoms with Crippen LogP contribution in [0.5, 0.6) is 0 Å². The fourth-order valence-electron chi connectivity index (χ4n) is 5.78. The van der Waals surface area contributed by atoms with Crippen molar-refractivity contribution in [1.82, 2.24) is 5.32 Å². The van der Waals surface area contributed by atoms with E-state index in [2.05, 4.69) is 48.2 Å². The number of nitrogens with two attached hydrogens (primary N) is 1. The minimum absolute atomic E-state index is 0.0538. The fraction of sp³-hybridized carbons (Fsp3) is 0.692. The van der Waals surface area contributed by atoms with Gasteiger partial charge in [0.15, 0.2) is 0 Å². The topological polar surface area (TPSA) is 92.2 Å². The largest absolute Gasteiger partial charge is 0.385 e. The SMILES string of the molecule is CCCCC/N=N/C(C(=O)NC1C2(C)CCC(C2)C1(C)C)/C(N)=N/Cc1ccc(Cl)c(C)c1. The molecule has 1 amide bonds. The summed E-state index contributed by atoms with van der Waals surface area (Å²) in [7, 11) is 0. The van der Waals surface area contributed by atoms with Crippen molar-refractivity contribution in [1.29, 1.82) is 0 Å². The van der Waals surface area contributed by atoms with Crippen molar-refractivity contribution in [2.24, 2.45) is 37.7 Å². The Hall–Kier alpha value is -1.95. The third kappa shape index (κ3) is 5.76. The third-order valence-electron chi connectivity index (χ3n) is 7.81. The number of amidine groups is 1. The lowest BCUT2D eigenvalue weighted by molar-refractivity contribution is -0.123. The van der Waals surface area contributed by atoms with Crippen molar-refractivity contribution >= 4 is 23.3 Å². The van der Waals surface area contributed by atoms with E-state index in [0.29, 0.717) is 19.0 Å². The number of rotatable bonds is 10. The molecule has 182 valence electrons. The molecule has 6 nitrogen and oxygen atoms in total. The van der Waals surface area contributed by atoms with Gasteiger partial charge >= 0.3 is 0 Å². The van der Waals surface area contributed by atoms with Gasteiger partial charge in [0.1, 0.15) is 5.84 Å². The molecule has 2 aliphatic rings. The lowest BCUT2D eigenvalue weighted by Crippen LogP contribution is -2.56. The molecular formula is C26H40ClN5O. The molecule has 33 heavy (non-hydrogen) atoms. The van der Waals surface area contributed by atoms with Crippen molar-refractivity contribution in [3.63, 3.8) is 0 Å². The highest BCUT2D eigenvalue weighted by Gasteiger charge is 2.60. The van der Waals surface area contributed by atoms with Crippen molar-refractivity contribution in [2.75, 3.05) is 6.54 Å². The molecule has 0 radical (unpaired) electrons. The number of unbranched alkanes of at least 4 members (excludes halogenated alkanes) is 2. The Bertz CT molecular complexity index is 907. The first-order valence-corrected chi connectivity index (χ1v) is 12.7. The molecule has 0 aliphatic heterocycles. The predicted octanol–water partition coefficient (Wildman–Crippen LogP) is 5.85. The zero-order valence-corrected chi connectivity index (χ0v) is 21.6. The van der Waals surface area contributed by atoms with E-state index < -0.39 is 6.04 Å². The van der Waals surface area contributed by atoms with Gasteiger partial charge in [0.05, 0.1) is 13.1 Å². The summed E-state index contributed by atoms with van der Waals surface area (Å²) in [6.45, 7) is 11.9. The van der Waals surface area contributed by atoms with Crippen LogP contribution in [0.4, 0.5) is 0 Å². The Labute approximate surface area is 203 Å². The van der Waals surface area contributed by atoms with Crippen LogP contribution >= 0.6 is 11.6 Å². The zero-order chi connectivity index (χ0) is 24.2. The molecule has 7 heteroatoms. The molecule has 3 N–H and O–H groups in total. The van der Waals surface area contributed by atoms with Gasteiger partial charge in [-0.2, -0.15) is 10.2 Å². The van der Waals surface area contributed by atoms with E-state index in [0.717, 1.165) is 48.3 Å². The first kappa shape index (κ1) is 25.7. The van der Waals surface area contributed by atoms with Crippen LogP contribution in [0.2, 0.25) is 5.02 Å². The second-order valence-electron chi connectivity index (χ2n) is 10.8. The molecule has 0 spiro atoms. The number of azo groups is 1. The Morgan fingerprint density at radius 1 is 1.30 bits per heavy atom. The van der Waals surface area contributed by atoms with Crippen LogP contribution in [0.25, 0.3) is 0 Å². The van der Waals surface area contributed by atoms with Crippen LogP contribution in [0, 0.1) is 23.7 Å². The van der Waals surface area contributed by atoms with E-state index in [1.807, 2.05) is 25.1 Å². The second-order valence-corrected chi connectivity index (χ2v) is 11.2. The van der Waals surface area contributed by atoms with E-state index in [4.69, 9.17) is 17.3 Å². The summed E-state index contributed by atoms with van der Waals surface area (Å²) < 4.78 is 0. The monoisotopic (exact) mass is 473 g/mol. The first-order valence-electron chi connectivity index (χ1n) is 12.3. The van der Waals surface area contributed by atoms with Crippen molar-refractivity contribution in [3.05, 3.63) is 34.3 Å². The smallest absolute Gasteiger partial charge is 0.254 e. The van der Waals surface area contributed by atoms with E-state index in [1.54, 1.807) is 0 Å². The Kier molecular flexibility index (Phi) is 8.20. The van der Waals surface area contributed by atoms with Crippen LogP contribution < -0.4 is 11.1 Å². The summed E-state index contributed by atoms with van der Waals surface area (Å²) in [5.41, 5.74) is 8.49. The number of hydrogen-bond donors (Lipinski definition) is 2. The average Bonchev–Trinajstić information content (AvgIpc) is 3.25. The number of halogens is 1. The quantitative estimate of drug-likeness (QED) is 0.193. The number of nitrogens with one attached hydrogen (secondary N) is 1. The highest BCUT2D eigenvalue weighted by Crippen LogP contribution is 2.62. The van der Waals surface area contributed by atoms with Gasteiger partial charge in [0.25, 0.3) is 5.91 Å². The normalized spacial score (nSPS) is 27.3. The van der Waals surface area contributed by atoms with E-state index in [9.17, 15) is 4.79 Å². The molecule has 0 heterocycles. The van der Waals surface area contributed by atoms with Gasteiger partial charge in [0.2, 0.25) is 6.04 Å². The molecule has 2 saturated carbocycles. The summed E-state index contributed by atoms with van der Waals surface area (Å²) in [6.07, 6.45) is 6.69. The van der Waals surface area contributed by atoms with Crippen molar-refractivity contribution in [3.8, 4) is 0 Å². The van der Waals surface area contributed by atoms with Gasteiger partial charge in [-0.05, 0) is 66.5 Å². The van der Waals surface area contributed by atoms with Gasteiger partial charge in [0, 0.05) is 11.1 Å². The summed E-state index contributed by atoms with van der Waals surface area (Å²) in [4.78, 5) is 17.9. The first-order chi connectivity index (χ1) is 15.6. The zero-order valence-electron chi connectivity index (χ0n) is 20.8. The summed E-state index contributed by atoms with van der Waals surface area (Å²) >= 11 is 6.13. The third-order valence-corrected chi connectivity index (χ3v) is 8.23. The minimum Gasteiger partial charge on any atom is -0.385 e. The van der Waals surface area contributed by atoms with Crippen LogP contribution in [0.15, 0.2) is 33.4 Å². The molecule has 2 aliphatic carbocycles. The van der Waals surface area contributed by atoms with Gasteiger partial charge in [-0.25, -0.2) is 0 Å². The van der Waals surface area contributed by atoms with Crippen LogP contribution in [-0.2, 0) is 11.3 Å². The number of fused-ring (bicyclic) bond motifs is 2. The van der Waals surface area contributed by atoms with Gasteiger partial charge in [-0.3, -0.25) is 9.79 Å². The molecule has 0 aromatic heterocycles. The number of aryl methyl sites for hydroxylation is 1. The highest BCUT2D eigenvalue weighted by atomic mass is 35.5. The number of carbonyl (C=O) groups is 1. The maximum atomic E-state index is 13.4. The Morgan fingerprint density at radius 3 is 2.70 bits per heavy atom. The van der Waals surface area contributed by atoms with Gasteiger partial charge < -0.3 is 11.1 Å². The number of benzene rings is 1. The molecule has 4 atom stereocenters. The molecule has 4 unspecified atom stereocenters. The number of aliphatic imine (C=N–C) groups is 1. The average molecular weight is 474 g/mol.